The minimum absolute atomic E-state index is 0.301. The van der Waals surface area contributed by atoms with Gasteiger partial charge in [-0.05, 0) is 24.5 Å². The molecule has 0 amide bonds. The maximum atomic E-state index is 11.3. The van der Waals surface area contributed by atoms with Crippen LogP contribution in [0.2, 0.25) is 0 Å². The second kappa shape index (κ2) is 4.75. The monoisotopic (exact) mass is 177 g/mol. The molecule has 2 nitrogen and oxygen atoms in total. The van der Waals surface area contributed by atoms with E-state index >= 15 is 0 Å². The zero-order chi connectivity index (χ0) is 9.68. The van der Waals surface area contributed by atoms with Gasteiger partial charge in [-0.3, -0.25) is 9.78 Å². The summed E-state index contributed by atoms with van der Waals surface area (Å²) in [6, 6.07) is 2.01. The Labute approximate surface area is 79.0 Å². The van der Waals surface area contributed by atoms with E-state index in [1.807, 2.05) is 19.9 Å². The highest BCUT2D eigenvalue weighted by molar-refractivity contribution is 5.80. The van der Waals surface area contributed by atoms with Crippen molar-refractivity contribution in [2.75, 3.05) is 0 Å². The van der Waals surface area contributed by atoms with Crippen molar-refractivity contribution in [2.24, 2.45) is 0 Å². The van der Waals surface area contributed by atoms with E-state index in [0.717, 1.165) is 17.5 Å². The Morgan fingerprint density at radius 1 is 1.46 bits per heavy atom. The minimum atomic E-state index is 0.301. The lowest BCUT2D eigenvalue weighted by atomic mass is 10.1. The second-order valence-corrected chi connectivity index (χ2v) is 3.34. The molecule has 0 saturated carbocycles. The van der Waals surface area contributed by atoms with Crippen LogP contribution in [-0.4, -0.2) is 10.8 Å². The maximum absolute atomic E-state index is 11.3. The normalized spacial score (nSPS) is 10.0. The van der Waals surface area contributed by atoms with Gasteiger partial charge in [0.1, 0.15) is 5.78 Å². The molecule has 0 spiro atoms. The van der Waals surface area contributed by atoms with E-state index in [2.05, 4.69) is 4.98 Å². The van der Waals surface area contributed by atoms with Gasteiger partial charge in [0, 0.05) is 25.2 Å². The Balaban J connectivity index is 2.58. The Hall–Kier alpha value is -1.18. The van der Waals surface area contributed by atoms with Crippen molar-refractivity contribution in [3.63, 3.8) is 0 Å². The molecule has 1 aromatic heterocycles. The molecule has 0 aliphatic heterocycles. The first-order valence-corrected chi connectivity index (χ1v) is 4.64. The van der Waals surface area contributed by atoms with Gasteiger partial charge in [0.15, 0.2) is 0 Å². The summed E-state index contributed by atoms with van der Waals surface area (Å²) in [4.78, 5) is 15.3. The van der Waals surface area contributed by atoms with Crippen LogP contribution in [0.1, 0.15) is 30.9 Å². The fourth-order valence-corrected chi connectivity index (χ4v) is 1.31. The number of carbonyl (C=O) groups is 1. The molecule has 1 heterocycles. The van der Waals surface area contributed by atoms with Gasteiger partial charge in [-0.2, -0.15) is 0 Å². The van der Waals surface area contributed by atoms with E-state index < -0.39 is 0 Å². The first-order valence-electron chi connectivity index (χ1n) is 4.64. The summed E-state index contributed by atoms with van der Waals surface area (Å²) in [6.07, 6.45) is 5.70. The van der Waals surface area contributed by atoms with Crippen LogP contribution in [0.5, 0.6) is 0 Å². The van der Waals surface area contributed by atoms with Crippen LogP contribution in [0.4, 0.5) is 0 Å². The van der Waals surface area contributed by atoms with Crippen molar-refractivity contribution in [2.45, 2.75) is 33.1 Å². The molecule has 0 radical (unpaired) electrons. The summed E-state index contributed by atoms with van der Waals surface area (Å²) in [7, 11) is 0. The van der Waals surface area contributed by atoms with E-state index in [-0.39, 0.29) is 0 Å². The molecule has 2 heteroatoms. The molecule has 0 aromatic carbocycles. The Bertz CT molecular complexity index is 294. The number of rotatable bonds is 4. The summed E-state index contributed by atoms with van der Waals surface area (Å²) in [6.45, 7) is 4.01. The number of aromatic nitrogens is 1. The number of Topliss-reactive ketones (excluding diaryl/α,β-unsaturated/α-hetero) is 1. The number of carbonyl (C=O) groups excluding carboxylic acids is 1. The summed E-state index contributed by atoms with van der Waals surface area (Å²) in [5, 5.41) is 0. The molecule has 13 heavy (non-hydrogen) atoms. The molecule has 0 unspecified atom stereocenters. The SMILES string of the molecule is CCCC(=O)Cc1cncc(C)c1. The number of pyridine rings is 1. The average molecular weight is 177 g/mol. The molecule has 0 N–H and O–H groups in total. The van der Waals surface area contributed by atoms with Gasteiger partial charge < -0.3 is 0 Å². The van der Waals surface area contributed by atoms with Crippen molar-refractivity contribution in [3.8, 4) is 0 Å². The fourth-order valence-electron chi connectivity index (χ4n) is 1.31. The molecular weight excluding hydrogens is 162 g/mol. The van der Waals surface area contributed by atoms with Crippen LogP contribution in [0, 0.1) is 6.92 Å². The summed E-state index contributed by atoms with van der Waals surface area (Å²) in [5.41, 5.74) is 2.14. The zero-order valence-corrected chi connectivity index (χ0v) is 8.21. The van der Waals surface area contributed by atoms with Crippen LogP contribution < -0.4 is 0 Å². The molecule has 70 valence electrons. The third kappa shape index (κ3) is 3.36. The molecule has 0 aliphatic rings. The van der Waals surface area contributed by atoms with E-state index in [4.69, 9.17) is 0 Å². The lowest BCUT2D eigenvalue weighted by Crippen LogP contribution is -2.02. The van der Waals surface area contributed by atoms with Crippen molar-refractivity contribution < 1.29 is 4.79 Å². The minimum Gasteiger partial charge on any atom is -0.299 e. The van der Waals surface area contributed by atoms with E-state index in [1.54, 1.807) is 12.4 Å². The lowest BCUT2D eigenvalue weighted by Gasteiger charge is -2.00. The van der Waals surface area contributed by atoms with Gasteiger partial charge in [0.05, 0.1) is 0 Å². The molecule has 0 bridgehead atoms. The van der Waals surface area contributed by atoms with Gasteiger partial charge in [-0.25, -0.2) is 0 Å². The summed E-state index contributed by atoms with van der Waals surface area (Å²) >= 11 is 0. The molecule has 1 rings (SSSR count). The highest BCUT2D eigenvalue weighted by Crippen LogP contribution is 2.04. The number of nitrogens with zero attached hydrogens (tertiary/aromatic N) is 1. The van der Waals surface area contributed by atoms with Crippen LogP contribution in [0.25, 0.3) is 0 Å². The van der Waals surface area contributed by atoms with Gasteiger partial charge in [-0.15, -0.1) is 0 Å². The van der Waals surface area contributed by atoms with E-state index in [1.165, 1.54) is 0 Å². The largest absolute Gasteiger partial charge is 0.299 e. The van der Waals surface area contributed by atoms with Crippen LogP contribution >= 0.6 is 0 Å². The Morgan fingerprint density at radius 2 is 2.23 bits per heavy atom. The second-order valence-electron chi connectivity index (χ2n) is 3.34. The van der Waals surface area contributed by atoms with E-state index in [9.17, 15) is 4.79 Å². The molecule has 0 saturated heterocycles. The number of hydrogen-bond acceptors (Lipinski definition) is 2. The third-order valence-electron chi connectivity index (χ3n) is 1.86. The molecule has 0 atom stereocenters. The van der Waals surface area contributed by atoms with Crippen LogP contribution in [-0.2, 0) is 11.2 Å². The average Bonchev–Trinajstić information content (AvgIpc) is 2.04. The van der Waals surface area contributed by atoms with Gasteiger partial charge in [-0.1, -0.05) is 13.0 Å². The highest BCUT2D eigenvalue weighted by Gasteiger charge is 2.02. The molecule has 0 fully saturated rings. The molecular formula is C11H15NO. The highest BCUT2D eigenvalue weighted by atomic mass is 16.1. The predicted octanol–water partition coefficient (Wildman–Crippen LogP) is 2.30. The fraction of sp³-hybridized carbons (Fsp3) is 0.455. The van der Waals surface area contributed by atoms with Gasteiger partial charge in [0.25, 0.3) is 0 Å². The summed E-state index contributed by atoms with van der Waals surface area (Å²) in [5.74, 6) is 0.301. The maximum Gasteiger partial charge on any atom is 0.137 e. The van der Waals surface area contributed by atoms with Crippen LogP contribution in [0.15, 0.2) is 18.5 Å². The first kappa shape index (κ1) is 9.90. The van der Waals surface area contributed by atoms with Gasteiger partial charge in [0.2, 0.25) is 0 Å². The van der Waals surface area contributed by atoms with Crippen molar-refractivity contribution in [3.05, 3.63) is 29.6 Å². The summed E-state index contributed by atoms with van der Waals surface area (Å²) < 4.78 is 0. The Morgan fingerprint density at radius 3 is 2.85 bits per heavy atom. The van der Waals surface area contributed by atoms with Crippen molar-refractivity contribution >= 4 is 5.78 Å². The quantitative estimate of drug-likeness (QED) is 0.706. The molecule has 1 aromatic rings. The predicted molar refractivity (Wildman–Crippen MR) is 52.6 cm³/mol. The van der Waals surface area contributed by atoms with Crippen molar-refractivity contribution in [1.82, 2.24) is 4.98 Å². The number of aryl methyl sites for hydroxylation is 1. The van der Waals surface area contributed by atoms with Crippen LogP contribution in [0.3, 0.4) is 0 Å². The lowest BCUT2D eigenvalue weighted by molar-refractivity contribution is -0.118. The first-order chi connectivity index (χ1) is 6.22. The topological polar surface area (TPSA) is 30.0 Å². The zero-order valence-electron chi connectivity index (χ0n) is 8.21. The smallest absolute Gasteiger partial charge is 0.137 e. The standard InChI is InChI=1S/C11H15NO/c1-3-4-11(13)6-10-5-9(2)7-12-8-10/h5,7-8H,3-4,6H2,1-2H3. The Kier molecular flexibility index (Phi) is 3.62. The third-order valence-corrected chi connectivity index (χ3v) is 1.86. The van der Waals surface area contributed by atoms with E-state index in [0.29, 0.717) is 18.6 Å². The molecule has 0 aliphatic carbocycles. The van der Waals surface area contributed by atoms with Gasteiger partial charge >= 0.3 is 0 Å². The van der Waals surface area contributed by atoms with Crippen molar-refractivity contribution in [1.29, 1.82) is 0 Å². The number of hydrogen-bond donors (Lipinski definition) is 0. The number of ketones is 1.